The summed E-state index contributed by atoms with van der Waals surface area (Å²) < 4.78 is 0. The second-order valence-corrected chi connectivity index (χ2v) is 2.65. The molecule has 0 bridgehead atoms. The Bertz CT molecular complexity index is 294. The van der Waals surface area contributed by atoms with Crippen molar-refractivity contribution in [2.45, 2.75) is 0 Å². The molecule has 0 unspecified atom stereocenters. The average molecular weight is 577 g/mol. The molecular formula is C10H15HfNaO15. The Kier molecular flexibility index (Phi) is 66.5. The zero-order chi connectivity index (χ0) is 21.4. The summed E-state index contributed by atoms with van der Waals surface area (Å²) in [5.41, 5.74) is 0. The molecule has 5 N–H and O–H groups in total. The van der Waals surface area contributed by atoms with Gasteiger partial charge in [0.15, 0.2) is 0 Å². The summed E-state index contributed by atoms with van der Waals surface area (Å²) in [5, 5.41) is 82.4. The first-order chi connectivity index (χ1) is 11.4. The van der Waals surface area contributed by atoms with Crippen LogP contribution >= 0.6 is 0 Å². The van der Waals surface area contributed by atoms with Crippen LogP contribution in [0, 0.1) is 0 Å². The average Bonchev–Trinajstić information content (AvgIpc) is 2.56. The molecule has 15 nitrogen and oxygen atoms in total. The van der Waals surface area contributed by atoms with Crippen LogP contribution in [-0.4, -0.2) is 88.4 Å². The summed E-state index contributed by atoms with van der Waals surface area (Å²) in [5.74, 6) is -7.20. The van der Waals surface area contributed by atoms with E-state index in [9.17, 15) is 0 Å². The van der Waals surface area contributed by atoms with Crippen molar-refractivity contribution in [3.63, 3.8) is 0 Å². The van der Waals surface area contributed by atoms with Crippen molar-refractivity contribution in [3.05, 3.63) is 0 Å². The molecule has 0 aromatic heterocycles. The van der Waals surface area contributed by atoms with Crippen LogP contribution in [0.5, 0.6) is 0 Å². The van der Waals surface area contributed by atoms with Crippen molar-refractivity contribution >= 4 is 29.8 Å². The maximum absolute atomic E-state index is 9.01. The van der Waals surface area contributed by atoms with Gasteiger partial charge in [-0.25, -0.2) is 0 Å². The molecule has 17 heteroatoms. The number of carbonyl (C=O) groups excluding carboxylic acids is 5. The minimum atomic E-state index is -1.44. The molecule has 0 aromatic carbocycles. The van der Waals surface area contributed by atoms with Gasteiger partial charge in [-0.05, 0) is 0 Å². The summed E-state index contributed by atoms with van der Waals surface area (Å²) in [6.45, 7) is -4.44. The molecule has 0 radical (unpaired) electrons. The van der Waals surface area contributed by atoms with Crippen molar-refractivity contribution < 1.29 is 130 Å². The van der Waals surface area contributed by atoms with Gasteiger partial charge in [0.1, 0.15) is 0 Å². The van der Waals surface area contributed by atoms with Crippen LogP contribution < -0.4 is 55.1 Å². The monoisotopic (exact) mass is 578 g/mol. The van der Waals surface area contributed by atoms with Gasteiger partial charge < -0.3 is 75.0 Å². The van der Waals surface area contributed by atoms with Gasteiger partial charge in [-0.1, -0.05) is 0 Å². The van der Waals surface area contributed by atoms with Crippen molar-refractivity contribution in [3.8, 4) is 0 Å². The molecule has 0 amide bonds. The van der Waals surface area contributed by atoms with Gasteiger partial charge in [0.2, 0.25) is 0 Å². The van der Waals surface area contributed by atoms with Gasteiger partial charge in [0.05, 0.1) is 62.9 Å². The first-order valence-corrected chi connectivity index (χ1v) is 5.39. The Hall–Kier alpha value is -0.980. The van der Waals surface area contributed by atoms with E-state index in [4.69, 9.17) is 75.0 Å². The van der Waals surface area contributed by atoms with E-state index in [0.29, 0.717) is 0 Å². The number of carboxylic acid groups (broad SMARTS) is 5. The second-order valence-electron chi connectivity index (χ2n) is 2.65. The van der Waals surface area contributed by atoms with E-state index in [2.05, 4.69) is 0 Å². The third-order valence-corrected chi connectivity index (χ3v) is 0.645. The van der Waals surface area contributed by atoms with E-state index in [1.165, 1.54) is 0 Å². The Labute approximate surface area is 192 Å². The molecule has 0 saturated heterocycles. The van der Waals surface area contributed by atoms with Crippen LogP contribution in [0.2, 0.25) is 0 Å². The van der Waals surface area contributed by atoms with Crippen molar-refractivity contribution in [2.75, 3.05) is 33.0 Å². The van der Waals surface area contributed by atoms with Crippen LogP contribution in [0.25, 0.3) is 0 Å². The first kappa shape index (κ1) is 45.0. The third-order valence-electron chi connectivity index (χ3n) is 0.645. The van der Waals surface area contributed by atoms with Crippen LogP contribution in [0.1, 0.15) is 0 Å². The van der Waals surface area contributed by atoms with Gasteiger partial charge in [0.25, 0.3) is 0 Å². The Morgan fingerprint density at radius 3 is 0.481 bits per heavy atom. The largest absolute Gasteiger partial charge is 4.00 e. The standard InChI is InChI=1S/5C2H4O3.Hf.Na/c5*3-1-2(4)5;;/h5*3H,1H2,(H,4,5);;/q;;;;;+4;+1/p-5. The molecular weight excluding hydrogens is 562 g/mol. The SMILES string of the molecule is O=C([O-])CO.O=C([O-])CO.O=C([O-])CO.O=C([O-])CO.O=C([O-])CO.[Hf+4].[Na+]. The van der Waals surface area contributed by atoms with E-state index in [-0.39, 0.29) is 55.4 Å². The van der Waals surface area contributed by atoms with Crippen molar-refractivity contribution in [2.24, 2.45) is 0 Å². The summed E-state index contributed by atoms with van der Waals surface area (Å²) in [6, 6.07) is 0. The number of hydrogen-bond donors (Lipinski definition) is 5. The molecule has 0 rings (SSSR count). The molecule has 0 fully saturated rings. The zero-order valence-corrected chi connectivity index (χ0v) is 19.4. The number of aliphatic carboxylic acids is 5. The predicted molar refractivity (Wildman–Crippen MR) is 60.5 cm³/mol. The van der Waals surface area contributed by atoms with Gasteiger partial charge in [0, 0.05) is 0 Å². The smallest absolute Gasteiger partial charge is 0.548 e. The molecule has 0 saturated carbocycles. The summed E-state index contributed by atoms with van der Waals surface area (Å²) in [4.78, 5) is 45.0. The molecule has 150 valence electrons. The van der Waals surface area contributed by atoms with Crippen LogP contribution in [0.4, 0.5) is 0 Å². The molecule has 27 heavy (non-hydrogen) atoms. The molecule has 0 aliphatic heterocycles. The first-order valence-electron chi connectivity index (χ1n) is 5.39. The number of aliphatic hydroxyl groups excluding tert-OH is 5. The number of aliphatic hydroxyl groups is 5. The van der Waals surface area contributed by atoms with Crippen LogP contribution in [0.15, 0.2) is 0 Å². The van der Waals surface area contributed by atoms with Crippen molar-refractivity contribution in [1.82, 2.24) is 0 Å². The quantitative estimate of drug-likeness (QED) is 0.190. The van der Waals surface area contributed by atoms with E-state index < -0.39 is 62.9 Å². The Balaban J connectivity index is -0.0000000364. The molecule has 0 aliphatic carbocycles. The minimum Gasteiger partial charge on any atom is -0.548 e. The molecule has 0 atom stereocenters. The molecule has 0 spiro atoms. The summed E-state index contributed by atoms with van der Waals surface area (Å²) >= 11 is 0. The van der Waals surface area contributed by atoms with Crippen LogP contribution in [0.3, 0.4) is 0 Å². The van der Waals surface area contributed by atoms with E-state index in [1.54, 1.807) is 0 Å². The maximum atomic E-state index is 9.01. The second kappa shape index (κ2) is 39.9. The van der Waals surface area contributed by atoms with Gasteiger partial charge in [-0.3, -0.25) is 0 Å². The summed E-state index contributed by atoms with van der Waals surface area (Å²) in [6.07, 6.45) is 0. The number of carbonyl (C=O) groups is 5. The fraction of sp³-hybridized carbons (Fsp3) is 0.500. The summed E-state index contributed by atoms with van der Waals surface area (Å²) in [7, 11) is 0. The third kappa shape index (κ3) is 163. The number of carboxylic acids is 5. The molecule has 0 aliphatic rings. The van der Waals surface area contributed by atoms with Crippen LogP contribution in [-0.2, 0) is 49.8 Å². The fourth-order valence-electron chi connectivity index (χ4n) is 0. The molecule has 0 aromatic rings. The predicted octanol–water partition coefficient (Wildman–Crippen LogP) is -14.4. The minimum absolute atomic E-state index is 0. The Morgan fingerprint density at radius 2 is 0.481 bits per heavy atom. The number of hydrogen-bond acceptors (Lipinski definition) is 15. The maximum Gasteiger partial charge on any atom is 4.00 e. The Morgan fingerprint density at radius 1 is 0.444 bits per heavy atom. The fourth-order valence-corrected chi connectivity index (χ4v) is 0. The van der Waals surface area contributed by atoms with E-state index >= 15 is 0 Å². The van der Waals surface area contributed by atoms with E-state index in [0.717, 1.165) is 0 Å². The van der Waals surface area contributed by atoms with Gasteiger partial charge in [-0.2, -0.15) is 0 Å². The zero-order valence-electron chi connectivity index (χ0n) is 13.9. The van der Waals surface area contributed by atoms with Gasteiger partial charge >= 0.3 is 55.4 Å². The number of rotatable bonds is 5. The molecule has 0 heterocycles. The van der Waals surface area contributed by atoms with E-state index in [1.807, 2.05) is 0 Å². The normalized spacial score (nSPS) is 6.85. The topological polar surface area (TPSA) is 302 Å². The van der Waals surface area contributed by atoms with Crippen molar-refractivity contribution in [1.29, 1.82) is 0 Å². The van der Waals surface area contributed by atoms with Gasteiger partial charge in [-0.15, -0.1) is 0 Å².